The van der Waals surface area contributed by atoms with Crippen molar-refractivity contribution in [3.05, 3.63) is 0 Å². The second-order valence-corrected chi connectivity index (χ2v) is 10.5. The third-order valence-corrected chi connectivity index (χ3v) is 5.23. The van der Waals surface area contributed by atoms with E-state index in [1.165, 1.54) is 0 Å². The van der Waals surface area contributed by atoms with E-state index in [-0.39, 0.29) is 25.3 Å². The average molecular weight is 514 g/mol. The van der Waals surface area contributed by atoms with Crippen molar-refractivity contribution in [3.63, 3.8) is 0 Å². The van der Waals surface area contributed by atoms with E-state index in [0.717, 1.165) is 25.5 Å². The van der Waals surface area contributed by atoms with Crippen molar-refractivity contribution in [2.24, 2.45) is 0 Å². The van der Waals surface area contributed by atoms with Crippen LogP contribution in [-0.4, -0.2) is 117 Å². The smallest absolute Gasteiger partial charge is 0.410 e. The largest absolute Gasteiger partial charge is 0.444 e. The number of ether oxygens (including phenoxy) is 6. The van der Waals surface area contributed by atoms with Crippen LogP contribution in [0.4, 0.5) is 4.79 Å². The summed E-state index contributed by atoms with van der Waals surface area (Å²) < 4.78 is 58.6. The fourth-order valence-corrected chi connectivity index (χ4v) is 3.20. The Morgan fingerprint density at radius 1 is 0.765 bits per heavy atom. The summed E-state index contributed by atoms with van der Waals surface area (Å²) in [4.78, 5) is 14.2. The summed E-state index contributed by atoms with van der Waals surface area (Å²) in [6, 6.07) is 0.255. The van der Waals surface area contributed by atoms with Crippen LogP contribution >= 0.6 is 0 Å². The molecule has 202 valence electrons. The van der Waals surface area contributed by atoms with Gasteiger partial charge in [-0.3, -0.25) is 4.18 Å². The zero-order valence-corrected chi connectivity index (χ0v) is 21.9. The molecule has 34 heavy (non-hydrogen) atoms. The Morgan fingerprint density at radius 3 is 1.53 bits per heavy atom. The maximum atomic E-state index is 12.4. The summed E-state index contributed by atoms with van der Waals surface area (Å²) in [5.41, 5.74) is -0.505. The zero-order chi connectivity index (χ0) is 25.3. The number of amides is 1. The van der Waals surface area contributed by atoms with Crippen molar-refractivity contribution in [2.45, 2.75) is 51.7 Å². The molecule has 1 aliphatic rings. The lowest BCUT2D eigenvalue weighted by Gasteiger charge is -2.38. The number of carbonyl (C=O) groups is 1. The maximum absolute atomic E-state index is 12.4. The summed E-state index contributed by atoms with van der Waals surface area (Å²) in [6.45, 7) is 10.2. The second kappa shape index (κ2) is 17.4. The minimum absolute atomic E-state index is 0.00201. The Hall–Kier alpha value is -1.02. The highest BCUT2D eigenvalue weighted by Crippen LogP contribution is 2.26. The van der Waals surface area contributed by atoms with Gasteiger partial charge in [-0.05, 0) is 40.0 Å². The van der Waals surface area contributed by atoms with Gasteiger partial charge in [0.1, 0.15) is 5.60 Å². The van der Waals surface area contributed by atoms with Crippen LogP contribution in [0.5, 0.6) is 0 Å². The molecule has 0 unspecified atom stereocenters. The maximum Gasteiger partial charge on any atom is 0.410 e. The molecule has 0 heterocycles. The van der Waals surface area contributed by atoms with Crippen molar-refractivity contribution >= 4 is 16.2 Å². The van der Waals surface area contributed by atoms with Crippen molar-refractivity contribution < 1.29 is 45.8 Å². The molecule has 0 saturated heterocycles. The summed E-state index contributed by atoms with van der Waals surface area (Å²) in [7, 11) is -3.42. The Bertz CT molecular complexity index is 634. The molecule has 0 atom stereocenters. The summed E-state index contributed by atoms with van der Waals surface area (Å²) in [5.74, 6) is 0. The molecule has 0 aromatic carbocycles. The van der Waals surface area contributed by atoms with Gasteiger partial charge in [0.15, 0.2) is 0 Å². The van der Waals surface area contributed by atoms with E-state index in [0.29, 0.717) is 66.0 Å². The molecular weight excluding hydrogens is 470 g/mol. The minimum atomic E-state index is -3.42. The molecule has 0 aromatic rings. The van der Waals surface area contributed by atoms with Crippen LogP contribution in [0, 0.1) is 0 Å². The van der Waals surface area contributed by atoms with E-state index in [1.807, 2.05) is 20.8 Å². The molecule has 0 spiro atoms. The topological polar surface area (TPSA) is 119 Å². The van der Waals surface area contributed by atoms with Crippen LogP contribution < -0.4 is 0 Å². The van der Waals surface area contributed by atoms with Gasteiger partial charge < -0.3 is 33.3 Å². The lowest BCUT2D eigenvalue weighted by Crippen LogP contribution is -2.47. The number of rotatable bonds is 20. The van der Waals surface area contributed by atoms with Gasteiger partial charge in [-0.1, -0.05) is 0 Å². The standard InChI is InChI=1S/C22H43NO10S/c1-22(2,3)33-21(24)23(20-6-5-7-20)8-9-27-10-11-28-12-13-29-14-15-30-16-17-31-18-19-32-34(4,25)26/h20H,5-19H2,1-4H3. The molecule has 1 saturated carbocycles. The SMILES string of the molecule is CC(C)(C)OC(=O)N(CCOCCOCCOCCOCCOCCOS(C)(=O)=O)C1CCC1. The van der Waals surface area contributed by atoms with Crippen LogP contribution in [0.25, 0.3) is 0 Å². The van der Waals surface area contributed by atoms with Gasteiger partial charge in [-0.25, -0.2) is 4.79 Å². The van der Waals surface area contributed by atoms with Gasteiger partial charge in [-0.2, -0.15) is 8.42 Å². The van der Waals surface area contributed by atoms with Gasteiger partial charge in [0.25, 0.3) is 10.1 Å². The zero-order valence-electron chi connectivity index (χ0n) is 21.1. The van der Waals surface area contributed by atoms with Crippen LogP contribution in [0.1, 0.15) is 40.0 Å². The molecule has 0 aromatic heterocycles. The van der Waals surface area contributed by atoms with E-state index in [9.17, 15) is 13.2 Å². The van der Waals surface area contributed by atoms with Crippen molar-refractivity contribution in [2.75, 3.05) is 85.5 Å². The quantitative estimate of drug-likeness (QED) is 0.176. The van der Waals surface area contributed by atoms with E-state index in [1.54, 1.807) is 4.90 Å². The summed E-state index contributed by atoms with van der Waals surface area (Å²) in [6.07, 6.45) is 3.90. The first-order valence-corrected chi connectivity index (χ1v) is 13.6. The number of carbonyl (C=O) groups excluding carboxylic acids is 1. The molecule has 0 radical (unpaired) electrons. The Labute approximate surface area is 204 Å². The normalized spacial score (nSPS) is 14.7. The number of nitrogens with zero attached hydrogens (tertiary/aromatic N) is 1. The van der Waals surface area contributed by atoms with Crippen LogP contribution in [0.15, 0.2) is 0 Å². The number of hydrogen-bond donors (Lipinski definition) is 0. The highest BCUT2D eigenvalue weighted by Gasteiger charge is 2.31. The van der Waals surface area contributed by atoms with E-state index < -0.39 is 15.7 Å². The molecule has 1 fully saturated rings. The third kappa shape index (κ3) is 17.4. The van der Waals surface area contributed by atoms with Crippen molar-refractivity contribution in [1.82, 2.24) is 4.90 Å². The first-order chi connectivity index (χ1) is 16.1. The van der Waals surface area contributed by atoms with E-state index in [2.05, 4.69) is 4.18 Å². The molecule has 0 aliphatic heterocycles. The Balaban J connectivity index is 1.88. The van der Waals surface area contributed by atoms with Gasteiger partial charge in [0.05, 0.1) is 78.9 Å². The van der Waals surface area contributed by atoms with Gasteiger partial charge in [0, 0.05) is 12.6 Å². The van der Waals surface area contributed by atoms with E-state index >= 15 is 0 Å². The summed E-state index contributed by atoms with van der Waals surface area (Å²) in [5, 5.41) is 0. The molecular formula is C22H43NO10S. The molecule has 0 N–H and O–H groups in total. The molecule has 11 nitrogen and oxygen atoms in total. The molecule has 0 bridgehead atoms. The lowest BCUT2D eigenvalue weighted by atomic mass is 9.92. The minimum Gasteiger partial charge on any atom is -0.444 e. The molecule has 1 rings (SSSR count). The van der Waals surface area contributed by atoms with Gasteiger partial charge >= 0.3 is 6.09 Å². The lowest BCUT2D eigenvalue weighted by molar-refractivity contribution is -0.0192. The third-order valence-electron chi connectivity index (χ3n) is 4.63. The second-order valence-electron chi connectivity index (χ2n) is 8.85. The van der Waals surface area contributed by atoms with Crippen molar-refractivity contribution in [3.8, 4) is 0 Å². The van der Waals surface area contributed by atoms with Crippen molar-refractivity contribution in [1.29, 1.82) is 0 Å². The highest BCUT2D eigenvalue weighted by molar-refractivity contribution is 7.85. The van der Waals surface area contributed by atoms with E-state index in [4.69, 9.17) is 28.4 Å². The number of hydrogen-bond acceptors (Lipinski definition) is 10. The van der Waals surface area contributed by atoms with Gasteiger partial charge in [0.2, 0.25) is 0 Å². The van der Waals surface area contributed by atoms with Crippen LogP contribution in [0.2, 0.25) is 0 Å². The molecule has 1 amide bonds. The first-order valence-electron chi connectivity index (χ1n) is 11.8. The Kier molecular flexibility index (Phi) is 15.9. The highest BCUT2D eigenvalue weighted by atomic mass is 32.2. The fourth-order valence-electron chi connectivity index (χ4n) is 2.83. The van der Waals surface area contributed by atoms with Gasteiger partial charge in [-0.15, -0.1) is 0 Å². The van der Waals surface area contributed by atoms with Crippen LogP contribution in [0.3, 0.4) is 0 Å². The summed E-state index contributed by atoms with van der Waals surface area (Å²) >= 11 is 0. The predicted molar refractivity (Wildman–Crippen MR) is 125 cm³/mol. The Morgan fingerprint density at radius 2 is 1.18 bits per heavy atom. The molecule has 1 aliphatic carbocycles. The van der Waals surface area contributed by atoms with Crippen LogP contribution in [-0.2, 0) is 42.7 Å². The molecule has 12 heteroatoms. The monoisotopic (exact) mass is 513 g/mol. The fraction of sp³-hybridized carbons (Fsp3) is 0.955. The average Bonchev–Trinajstić information content (AvgIpc) is 2.68. The first kappa shape index (κ1) is 31.0. The predicted octanol–water partition coefficient (Wildman–Crippen LogP) is 1.84.